The maximum atomic E-state index is 13.3. The molecule has 1 saturated heterocycles. The molecule has 2 aromatic rings. The largest absolute Gasteiger partial charge is 0.394 e. The maximum Gasteiger partial charge on any atom is 0.183 e. The van der Waals surface area contributed by atoms with Gasteiger partial charge in [-0.2, -0.15) is 0 Å². The first-order valence-electron chi connectivity index (χ1n) is 6.99. The van der Waals surface area contributed by atoms with Crippen LogP contribution in [0.15, 0.2) is 30.5 Å². The van der Waals surface area contributed by atoms with Crippen LogP contribution < -0.4 is 0 Å². The molecule has 1 fully saturated rings. The fourth-order valence-electron chi connectivity index (χ4n) is 2.60. The van der Waals surface area contributed by atoms with Gasteiger partial charge in [0.1, 0.15) is 35.9 Å². The first-order valence-corrected chi connectivity index (χ1v) is 6.99. The van der Waals surface area contributed by atoms with Gasteiger partial charge in [0, 0.05) is 5.56 Å². The molecule has 8 nitrogen and oxygen atoms in total. The molecule has 3 rings (SSSR count). The van der Waals surface area contributed by atoms with Crippen LogP contribution in [0.4, 0.5) is 4.39 Å². The summed E-state index contributed by atoms with van der Waals surface area (Å²) in [7, 11) is 0. The average molecular weight is 325 g/mol. The van der Waals surface area contributed by atoms with Crippen molar-refractivity contribution in [3.8, 4) is 11.3 Å². The molecule has 1 aromatic carbocycles. The molecule has 0 saturated carbocycles. The van der Waals surface area contributed by atoms with Gasteiger partial charge in [-0.15, -0.1) is 5.10 Å². The summed E-state index contributed by atoms with van der Waals surface area (Å²) in [5, 5.41) is 46.8. The van der Waals surface area contributed by atoms with Gasteiger partial charge in [-0.1, -0.05) is 17.3 Å². The molecule has 0 spiro atoms. The van der Waals surface area contributed by atoms with E-state index < -0.39 is 43.1 Å². The van der Waals surface area contributed by atoms with Crippen molar-refractivity contribution in [2.24, 2.45) is 0 Å². The molecular formula is C14H16FN3O5. The van der Waals surface area contributed by atoms with Gasteiger partial charge in [-0.05, 0) is 12.1 Å². The zero-order valence-corrected chi connectivity index (χ0v) is 11.9. The second kappa shape index (κ2) is 6.30. The van der Waals surface area contributed by atoms with Crippen LogP contribution in [-0.2, 0) is 4.74 Å². The number of aliphatic hydroxyl groups is 4. The summed E-state index contributed by atoms with van der Waals surface area (Å²) in [4.78, 5) is 0. The molecule has 1 aliphatic rings. The van der Waals surface area contributed by atoms with Crippen LogP contribution in [0, 0.1) is 5.82 Å². The summed E-state index contributed by atoms with van der Waals surface area (Å²) in [5.74, 6) is -0.432. The zero-order valence-electron chi connectivity index (χ0n) is 11.9. The van der Waals surface area contributed by atoms with Gasteiger partial charge in [0.15, 0.2) is 6.29 Å². The Labute approximate surface area is 130 Å². The number of aliphatic hydroxyl groups excluding tert-OH is 4. The Morgan fingerprint density at radius 3 is 2.70 bits per heavy atom. The van der Waals surface area contributed by atoms with Gasteiger partial charge < -0.3 is 25.2 Å². The molecule has 0 aliphatic carbocycles. The summed E-state index contributed by atoms with van der Waals surface area (Å²) in [6.45, 7) is -0.535. The molecule has 124 valence electrons. The number of ether oxygens (including phenoxy) is 1. The van der Waals surface area contributed by atoms with Crippen molar-refractivity contribution in [3.63, 3.8) is 0 Å². The Balaban J connectivity index is 1.92. The zero-order chi connectivity index (χ0) is 16.6. The third kappa shape index (κ3) is 2.96. The van der Waals surface area contributed by atoms with E-state index in [-0.39, 0.29) is 0 Å². The van der Waals surface area contributed by atoms with E-state index in [9.17, 15) is 24.8 Å². The lowest BCUT2D eigenvalue weighted by atomic mass is 9.96. The predicted molar refractivity (Wildman–Crippen MR) is 74.4 cm³/mol. The highest BCUT2D eigenvalue weighted by Gasteiger charge is 2.45. The minimum absolute atomic E-state index is 0.338. The van der Waals surface area contributed by atoms with Gasteiger partial charge in [0.05, 0.1) is 12.8 Å². The lowest BCUT2D eigenvalue weighted by molar-refractivity contribution is -0.270. The smallest absolute Gasteiger partial charge is 0.183 e. The number of hydrogen-bond donors (Lipinski definition) is 4. The van der Waals surface area contributed by atoms with Gasteiger partial charge in [0.2, 0.25) is 0 Å². The highest BCUT2D eigenvalue weighted by Crippen LogP contribution is 2.29. The average Bonchev–Trinajstić information content (AvgIpc) is 3.01. The fourth-order valence-corrected chi connectivity index (χ4v) is 2.60. The lowest BCUT2D eigenvalue weighted by Gasteiger charge is -2.39. The molecule has 3 unspecified atom stereocenters. The van der Waals surface area contributed by atoms with Crippen molar-refractivity contribution in [1.29, 1.82) is 0 Å². The van der Waals surface area contributed by atoms with Gasteiger partial charge in [-0.25, -0.2) is 9.07 Å². The quantitative estimate of drug-likeness (QED) is 0.574. The van der Waals surface area contributed by atoms with E-state index in [1.807, 2.05) is 0 Å². The van der Waals surface area contributed by atoms with E-state index in [0.29, 0.717) is 11.3 Å². The van der Waals surface area contributed by atoms with Crippen LogP contribution in [0.3, 0.4) is 0 Å². The highest BCUT2D eigenvalue weighted by atomic mass is 19.1. The molecule has 5 atom stereocenters. The van der Waals surface area contributed by atoms with Gasteiger partial charge in [0.25, 0.3) is 0 Å². The summed E-state index contributed by atoms with van der Waals surface area (Å²) in [5.41, 5.74) is 0.817. The number of rotatable bonds is 3. The van der Waals surface area contributed by atoms with Crippen molar-refractivity contribution in [3.05, 3.63) is 36.3 Å². The molecule has 0 radical (unpaired) electrons. The highest BCUT2D eigenvalue weighted by molar-refractivity contribution is 5.57. The van der Waals surface area contributed by atoms with Crippen molar-refractivity contribution >= 4 is 0 Å². The van der Waals surface area contributed by atoms with E-state index in [1.54, 1.807) is 6.07 Å². The third-order valence-electron chi connectivity index (χ3n) is 3.80. The van der Waals surface area contributed by atoms with Crippen LogP contribution in [-0.4, -0.2) is 66.6 Å². The second-order valence-electron chi connectivity index (χ2n) is 5.31. The van der Waals surface area contributed by atoms with Gasteiger partial charge in [-0.3, -0.25) is 0 Å². The summed E-state index contributed by atoms with van der Waals surface area (Å²) >= 11 is 0. The maximum absolute atomic E-state index is 13.3. The van der Waals surface area contributed by atoms with Crippen molar-refractivity contribution in [2.45, 2.75) is 30.6 Å². The third-order valence-corrected chi connectivity index (χ3v) is 3.80. The summed E-state index contributed by atoms with van der Waals surface area (Å²) in [6, 6.07) is 4.66. The second-order valence-corrected chi connectivity index (χ2v) is 5.31. The van der Waals surface area contributed by atoms with Crippen LogP contribution in [0.5, 0.6) is 0 Å². The molecule has 4 N–H and O–H groups in total. The Morgan fingerprint density at radius 2 is 2.00 bits per heavy atom. The van der Waals surface area contributed by atoms with E-state index in [0.717, 1.165) is 0 Å². The molecule has 1 aliphatic heterocycles. The van der Waals surface area contributed by atoms with E-state index in [4.69, 9.17) is 4.74 Å². The topological polar surface area (TPSA) is 121 Å². The Kier molecular flexibility index (Phi) is 4.37. The Hall–Kier alpha value is -1.91. The fraction of sp³-hybridized carbons (Fsp3) is 0.429. The number of nitrogens with zero attached hydrogens (tertiary/aromatic N) is 3. The first-order chi connectivity index (χ1) is 11.0. The SMILES string of the molecule is OCC1OC(O)C(O)[C@@H](n2cc(-c3cccc(F)c3)nn2)[C@H]1O. The Bertz CT molecular complexity index is 682. The molecule has 0 bridgehead atoms. The summed E-state index contributed by atoms with van der Waals surface area (Å²) in [6.07, 6.45) is -4.00. The minimum Gasteiger partial charge on any atom is -0.394 e. The van der Waals surface area contributed by atoms with Crippen molar-refractivity contribution in [1.82, 2.24) is 15.0 Å². The van der Waals surface area contributed by atoms with E-state index in [1.165, 1.54) is 29.1 Å². The summed E-state index contributed by atoms with van der Waals surface area (Å²) < 4.78 is 19.4. The predicted octanol–water partition coefficient (Wildman–Crippen LogP) is -0.943. The number of aromatic nitrogens is 3. The van der Waals surface area contributed by atoms with Gasteiger partial charge >= 0.3 is 0 Å². The molecule has 1 aromatic heterocycles. The number of hydrogen-bond acceptors (Lipinski definition) is 7. The lowest BCUT2D eigenvalue weighted by Crippen LogP contribution is -2.55. The molecule has 23 heavy (non-hydrogen) atoms. The standard InChI is InChI=1S/C14H16FN3O5/c15-8-3-1-2-7(4-8)9-5-18(17-16-9)11-12(20)10(6-19)23-14(22)13(11)21/h1-5,10-14,19-22H,6H2/t10?,11-,12-,13?,14?/m0/s1. The van der Waals surface area contributed by atoms with Crippen LogP contribution in [0.1, 0.15) is 6.04 Å². The normalized spacial score (nSPS) is 31.3. The van der Waals surface area contributed by atoms with Crippen molar-refractivity contribution in [2.75, 3.05) is 6.61 Å². The van der Waals surface area contributed by atoms with Crippen LogP contribution in [0.2, 0.25) is 0 Å². The number of halogens is 1. The van der Waals surface area contributed by atoms with Crippen molar-refractivity contribution < 1.29 is 29.6 Å². The van der Waals surface area contributed by atoms with E-state index >= 15 is 0 Å². The molecule has 2 heterocycles. The molecule has 9 heteroatoms. The van der Waals surface area contributed by atoms with E-state index in [2.05, 4.69) is 10.3 Å². The monoisotopic (exact) mass is 325 g/mol. The minimum atomic E-state index is -1.58. The number of benzene rings is 1. The molecular weight excluding hydrogens is 309 g/mol. The molecule has 0 amide bonds. The Morgan fingerprint density at radius 1 is 1.22 bits per heavy atom. The first kappa shape index (κ1) is 16.0. The van der Waals surface area contributed by atoms with Crippen LogP contribution in [0.25, 0.3) is 11.3 Å². The van der Waals surface area contributed by atoms with Crippen LogP contribution >= 0.6 is 0 Å².